The van der Waals surface area contributed by atoms with E-state index in [0.29, 0.717) is 0 Å². The lowest BCUT2D eigenvalue weighted by Crippen LogP contribution is -2.41. The highest BCUT2D eigenvalue weighted by Crippen LogP contribution is 2.56. The first-order chi connectivity index (χ1) is 20.1. The number of nitrogens with one attached hydrogen (secondary N) is 1. The lowest BCUT2D eigenvalue weighted by atomic mass is 9.73. The van der Waals surface area contributed by atoms with Crippen molar-refractivity contribution in [2.75, 3.05) is 4.90 Å². The first-order valence-electron chi connectivity index (χ1n) is 14.4. The number of fused-ring (bicyclic) bond motifs is 8. The Morgan fingerprint density at radius 2 is 1.49 bits per heavy atom. The quantitative estimate of drug-likeness (QED) is 0.243. The molecule has 0 fully saturated rings. The Labute approximate surface area is 239 Å². The minimum absolute atomic E-state index is 0.0919. The van der Waals surface area contributed by atoms with E-state index < -0.39 is 0 Å². The molecule has 2 aliphatic heterocycles. The maximum atomic E-state index is 3.95. The highest BCUT2D eigenvalue weighted by atomic mass is 15.3. The van der Waals surface area contributed by atoms with Crippen molar-refractivity contribution in [1.29, 1.82) is 0 Å². The van der Waals surface area contributed by atoms with Gasteiger partial charge in [-0.15, -0.1) is 0 Å². The van der Waals surface area contributed by atoms with Crippen LogP contribution in [0.2, 0.25) is 0 Å². The SMILES string of the molecule is CC1(C)c2ccccc2N(C2=CC(c3ccccc3)=C3C=CC=CC3N2)c2c1c1cccc3c4ccccc4c2n13. The molecule has 3 heteroatoms. The fourth-order valence-corrected chi connectivity index (χ4v) is 7.54. The van der Waals surface area contributed by atoms with Crippen LogP contribution in [0.25, 0.3) is 32.9 Å². The molecule has 5 heterocycles. The first-order valence-corrected chi connectivity index (χ1v) is 14.4. The van der Waals surface area contributed by atoms with Gasteiger partial charge >= 0.3 is 0 Å². The molecule has 0 bridgehead atoms. The van der Waals surface area contributed by atoms with Crippen LogP contribution in [0.5, 0.6) is 0 Å². The number of nitrogens with zero attached hydrogens (tertiary/aromatic N) is 2. The molecule has 3 aromatic heterocycles. The normalized spacial score (nSPS) is 18.9. The van der Waals surface area contributed by atoms with Crippen molar-refractivity contribution < 1.29 is 0 Å². The summed E-state index contributed by atoms with van der Waals surface area (Å²) in [6.07, 6.45) is 11.2. The van der Waals surface area contributed by atoms with Crippen LogP contribution in [0.3, 0.4) is 0 Å². The van der Waals surface area contributed by atoms with Crippen LogP contribution in [0, 0.1) is 0 Å². The molecule has 1 unspecified atom stereocenters. The Kier molecular flexibility index (Phi) is 4.45. The average molecular weight is 528 g/mol. The van der Waals surface area contributed by atoms with Crippen molar-refractivity contribution >= 4 is 44.3 Å². The second-order valence-corrected chi connectivity index (χ2v) is 11.9. The van der Waals surface area contributed by atoms with Gasteiger partial charge in [0.05, 0.1) is 34.0 Å². The molecule has 6 aromatic rings. The van der Waals surface area contributed by atoms with Crippen molar-refractivity contribution in [3.8, 4) is 0 Å². The maximum Gasteiger partial charge on any atom is 0.112 e. The van der Waals surface area contributed by atoms with Gasteiger partial charge in [0.25, 0.3) is 0 Å². The number of dihydropyridines is 1. The van der Waals surface area contributed by atoms with Crippen molar-refractivity contribution in [2.45, 2.75) is 25.3 Å². The summed E-state index contributed by atoms with van der Waals surface area (Å²) >= 11 is 0. The predicted octanol–water partition coefficient (Wildman–Crippen LogP) is 8.85. The molecule has 3 nitrogen and oxygen atoms in total. The molecule has 0 spiro atoms. The molecule has 3 aromatic carbocycles. The number of rotatable bonds is 2. The molecule has 196 valence electrons. The molecule has 0 amide bonds. The van der Waals surface area contributed by atoms with Crippen LogP contribution < -0.4 is 10.2 Å². The van der Waals surface area contributed by atoms with Gasteiger partial charge in [-0.1, -0.05) is 117 Å². The van der Waals surface area contributed by atoms with Crippen LogP contribution in [0.1, 0.15) is 30.5 Å². The number of para-hydroxylation sites is 1. The van der Waals surface area contributed by atoms with Crippen LogP contribution >= 0.6 is 0 Å². The van der Waals surface area contributed by atoms with E-state index in [2.05, 4.69) is 156 Å². The van der Waals surface area contributed by atoms with Crippen molar-refractivity contribution in [2.24, 2.45) is 0 Å². The van der Waals surface area contributed by atoms with Crippen molar-refractivity contribution in [1.82, 2.24) is 9.72 Å². The first kappa shape index (κ1) is 22.8. The van der Waals surface area contributed by atoms with Crippen LogP contribution in [-0.2, 0) is 5.41 Å². The van der Waals surface area contributed by atoms with Crippen molar-refractivity contribution in [3.63, 3.8) is 0 Å². The number of allylic oxidation sites excluding steroid dienone is 4. The molecule has 1 atom stereocenters. The third-order valence-electron chi connectivity index (χ3n) is 9.30. The summed E-state index contributed by atoms with van der Waals surface area (Å²) in [5.74, 6) is 1.10. The van der Waals surface area contributed by atoms with E-state index in [0.717, 1.165) is 5.82 Å². The van der Waals surface area contributed by atoms with Gasteiger partial charge in [-0.05, 0) is 46.5 Å². The summed E-state index contributed by atoms with van der Waals surface area (Å²) < 4.78 is 2.50. The number of aromatic nitrogens is 1. The summed E-state index contributed by atoms with van der Waals surface area (Å²) in [6.45, 7) is 4.77. The fraction of sp³-hybridized carbons (Fsp3) is 0.105. The second kappa shape index (κ2) is 8.02. The number of benzene rings is 3. The summed E-state index contributed by atoms with van der Waals surface area (Å²) in [5, 5.41) is 6.54. The summed E-state index contributed by atoms with van der Waals surface area (Å²) in [4.78, 5) is 2.51. The van der Waals surface area contributed by atoms with E-state index >= 15 is 0 Å². The summed E-state index contributed by atoms with van der Waals surface area (Å²) in [7, 11) is 0. The number of hydrogen-bond acceptors (Lipinski definition) is 2. The van der Waals surface area contributed by atoms with Crippen LogP contribution in [0.15, 0.2) is 139 Å². The maximum absolute atomic E-state index is 3.95. The third-order valence-corrected chi connectivity index (χ3v) is 9.30. The molecule has 1 N–H and O–H groups in total. The van der Waals surface area contributed by atoms with Gasteiger partial charge in [-0.25, -0.2) is 0 Å². The van der Waals surface area contributed by atoms with Gasteiger partial charge in [0.1, 0.15) is 5.82 Å². The second-order valence-electron chi connectivity index (χ2n) is 11.9. The smallest absolute Gasteiger partial charge is 0.112 e. The minimum Gasteiger partial charge on any atom is -0.361 e. The molecular formula is C38H29N3. The zero-order valence-corrected chi connectivity index (χ0v) is 23.1. The molecule has 0 radical (unpaired) electrons. The van der Waals surface area contributed by atoms with E-state index in [1.165, 1.54) is 66.5 Å². The van der Waals surface area contributed by atoms with E-state index in [-0.39, 0.29) is 11.5 Å². The van der Waals surface area contributed by atoms with E-state index in [4.69, 9.17) is 0 Å². The molecule has 3 aliphatic rings. The van der Waals surface area contributed by atoms with E-state index in [9.17, 15) is 0 Å². The minimum atomic E-state index is -0.178. The van der Waals surface area contributed by atoms with Gasteiger partial charge in [0.15, 0.2) is 0 Å². The molecular weight excluding hydrogens is 498 g/mol. The summed E-state index contributed by atoms with van der Waals surface area (Å²) in [5.41, 5.74) is 12.7. The molecule has 41 heavy (non-hydrogen) atoms. The van der Waals surface area contributed by atoms with Gasteiger partial charge in [0.2, 0.25) is 0 Å². The fourth-order valence-electron chi connectivity index (χ4n) is 7.54. The lowest BCUT2D eigenvalue weighted by molar-refractivity contribution is 0.630. The Balaban J connectivity index is 1.42. The number of hydrogen-bond donors (Lipinski definition) is 1. The zero-order chi connectivity index (χ0) is 27.3. The van der Waals surface area contributed by atoms with Gasteiger partial charge in [0, 0.05) is 21.8 Å². The van der Waals surface area contributed by atoms with Gasteiger partial charge in [-0.3, -0.25) is 4.90 Å². The highest BCUT2D eigenvalue weighted by Gasteiger charge is 2.43. The monoisotopic (exact) mass is 527 g/mol. The largest absolute Gasteiger partial charge is 0.361 e. The van der Waals surface area contributed by atoms with E-state index in [1.807, 2.05) is 0 Å². The molecule has 1 aliphatic carbocycles. The predicted molar refractivity (Wildman–Crippen MR) is 171 cm³/mol. The number of anilines is 2. The summed E-state index contributed by atoms with van der Waals surface area (Å²) in [6, 6.07) is 35.5. The van der Waals surface area contributed by atoms with Gasteiger partial charge < -0.3 is 9.72 Å². The highest BCUT2D eigenvalue weighted by molar-refractivity contribution is 6.17. The van der Waals surface area contributed by atoms with Crippen molar-refractivity contribution in [3.05, 3.63) is 156 Å². The molecule has 0 saturated carbocycles. The Morgan fingerprint density at radius 1 is 0.732 bits per heavy atom. The molecule has 0 saturated heterocycles. The van der Waals surface area contributed by atoms with Crippen LogP contribution in [0.4, 0.5) is 11.4 Å². The third kappa shape index (κ3) is 2.93. The van der Waals surface area contributed by atoms with E-state index in [1.54, 1.807) is 0 Å². The Hall–Kier alpha value is -5.02. The van der Waals surface area contributed by atoms with Gasteiger partial charge in [-0.2, -0.15) is 0 Å². The zero-order valence-electron chi connectivity index (χ0n) is 23.1. The topological polar surface area (TPSA) is 19.7 Å². The Morgan fingerprint density at radius 3 is 2.37 bits per heavy atom. The average Bonchev–Trinajstić information content (AvgIpc) is 3.55. The standard InChI is InChI=1S/C38H29N3/c1-38(2)29-18-9-11-20-32(29)41(34-23-28(24-13-4-3-5-14-24)25-15-8-10-19-30(25)39-34)37-35(38)33-22-12-21-31-26-16-6-7-17-27(26)36(37)40(31)33/h3-23,30,39H,1-2H3. The van der Waals surface area contributed by atoms with Crippen LogP contribution in [-0.4, -0.2) is 10.4 Å². The Bertz CT molecular complexity index is 2150. The lowest BCUT2D eigenvalue weighted by Gasteiger charge is -2.43. The number of pyridine rings is 1. The molecule has 9 rings (SSSR count).